The van der Waals surface area contributed by atoms with Gasteiger partial charge in [-0.05, 0) is 31.4 Å². The number of sulfone groups is 1. The molecule has 0 unspecified atom stereocenters. The molecule has 1 saturated heterocycles. The van der Waals surface area contributed by atoms with Gasteiger partial charge in [-0.2, -0.15) is 0 Å². The normalized spacial score (nSPS) is 17.2. The van der Waals surface area contributed by atoms with Gasteiger partial charge in [0, 0.05) is 19.5 Å². The van der Waals surface area contributed by atoms with Crippen LogP contribution in [0, 0.1) is 5.41 Å². The predicted octanol–water partition coefficient (Wildman–Crippen LogP) is 1.74. The Balaban J connectivity index is 1.92. The fraction of sp³-hybridized carbons (Fsp3) is 0.556. The van der Waals surface area contributed by atoms with Crippen molar-refractivity contribution >= 4 is 21.7 Å². The van der Waals surface area contributed by atoms with Crippen molar-refractivity contribution in [2.45, 2.75) is 43.9 Å². The molecule has 1 aromatic rings. The number of nitrogens with two attached hydrogens (primary N) is 1. The van der Waals surface area contributed by atoms with Crippen LogP contribution in [0.3, 0.4) is 0 Å². The number of carbonyl (C=O) groups is 2. The Bertz CT molecular complexity index is 708. The number of hydrogen-bond acceptors (Lipinski definition) is 4. The van der Waals surface area contributed by atoms with Crippen molar-refractivity contribution in [3.63, 3.8) is 0 Å². The van der Waals surface area contributed by atoms with Crippen LogP contribution in [0.1, 0.15) is 39.0 Å². The second-order valence-electron chi connectivity index (χ2n) is 6.66. The number of piperidine rings is 1. The van der Waals surface area contributed by atoms with Crippen LogP contribution < -0.4 is 5.73 Å². The summed E-state index contributed by atoms with van der Waals surface area (Å²) >= 11 is 0. The van der Waals surface area contributed by atoms with Gasteiger partial charge in [0.2, 0.25) is 11.8 Å². The molecular weight excluding hydrogens is 340 g/mol. The molecule has 1 aromatic carbocycles. The summed E-state index contributed by atoms with van der Waals surface area (Å²) in [6.45, 7) is 2.91. The number of primary amides is 1. The van der Waals surface area contributed by atoms with Crippen LogP contribution in [-0.4, -0.2) is 44.0 Å². The largest absolute Gasteiger partial charge is 0.369 e. The first-order chi connectivity index (χ1) is 11.8. The summed E-state index contributed by atoms with van der Waals surface area (Å²) in [5.41, 5.74) is 5.04. The zero-order valence-electron chi connectivity index (χ0n) is 14.6. The van der Waals surface area contributed by atoms with Gasteiger partial charge >= 0.3 is 0 Å². The predicted molar refractivity (Wildman–Crippen MR) is 95.5 cm³/mol. The molecule has 1 fully saturated rings. The molecular formula is C18H26N2O4S. The molecule has 0 aliphatic carbocycles. The first-order valence-electron chi connectivity index (χ1n) is 8.66. The summed E-state index contributed by atoms with van der Waals surface area (Å²) in [7, 11) is -3.46. The third-order valence-corrected chi connectivity index (χ3v) is 6.74. The molecule has 7 heteroatoms. The van der Waals surface area contributed by atoms with E-state index in [1.807, 2.05) is 6.92 Å². The van der Waals surface area contributed by atoms with E-state index in [0.717, 1.165) is 12.8 Å². The monoisotopic (exact) mass is 366 g/mol. The molecule has 0 atom stereocenters. The minimum Gasteiger partial charge on any atom is -0.369 e. The van der Waals surface area contributed by atoms with Crippen molar-refractivity contribution in [3.8, 4) is 0 Å². The van der Waals surface area contributed by atoms with E-state index in [1.54, 1.807) is 23.1 Å². The second kappa shape index (κ2) is 7.99. The van der Waals surface area contributed by atoms with E-state index < -0.39 is 15.3 Å². The van der Waals surface area contributed by atoms with Crippen LogP contribution in [0.25, 0.3) is 0 Å². The highest BCUT2D eigenvalue weighted by Crippen LogP contribution is 2.36. The fourth-order valence-electron chi connectivity index (χ4n) is 3.41. The summed E-state index contributed by atoms with van der Waals surface area (Å²) in [6, 6.07) is 8.14. The number of likely N-dealkylation sites (tertiary alicyclic amines) is 1. The topological polar surface area (TPSA) is 97.5 Å². The molecule has 1 heterocycles. The molecule has 0 spiro atoms. The summed E-state index contributed by atoms with van der Waals surface area (Å²) in [5, 5.41) is 0. The minimum atomic E-state index is -3.46. The summed E-state index contributed by atoms with van der Waals surface area (Å²) in [4.78, 5) is 26.0. The Morgan fingerprint density at radius 3 is 2.28 bits per heavy atom. The fourth-order valence-corrected chi connectivity index (χ4v) is 4.66. The molecule has 1 aliphatic heterocycles. The van der Waals surface area contributed by atoms with E-state index in [-0.39, 0.29) is 28.9 Å². The summed E-state index contributed by atoms with van der Waals surface area (Å²) in [5.74, 6) is -0.690. The number of carbonyl (C=O) groups excluding carboxylic acids is 2. The van der Waals surface area contributed by atoms with Gasteiger partial charge in [0.1, 0.15) is 0 Å². The van der Waals surface area contributed by atoms with Crippen molar-refractivity contribution in [3.05, 3.63) is 30.3 Å². The maximum atomic E-state index is 12.4. The zero-order chi connectivity index (χ0) is 18.5. The van der Waals surface area contributed by atoms with E-state index in [9.17, 15) is 18.0 Å². The standard InChI is InChI=1S/C18H26N2O4S/c1-2-9-18(17(19)22)10-12-20(13-11-18)16(21)8-14-25(23,24)15-6-4-3-5-7-15/h3-7H,2,8-14H2,1H3,(H2,19,22). The number of amides is 2. The molecule has 0 radical (unpaired) electrons. The van der Waals surface area contributed by atoms with Gasteiger partial charge in [-0.1, -0.05) is 31.5 Å². The molecule has 2 N–H and O–H groups in total. The molecule has 25 heavy (non-hydrogen) atoms. The van der Waals surface area contributed by atoms with Gasteiger partial charge < -0.3 is 10.6 Å². The second-order valence-corrected chi connectivity index (χ2v) is 8.77. The highest BCUT2D eigenvalue weighted by atomic mass is 32.2. The Morgan fingerprint density at radius 1 is 1.16 bits per heavy atom. The lowest BCUT2D eigenvalue weighted by molar-refractivity contribution is -0.139. The number of benzene rings is 1. The van der Waals surface area contributed by atoms with E-state index in [4.69, 9.17) is 5.73 Å². The molecule has 1 aliphatic rings. The molecule has 0 aromatic heterocycles. The van der Waals surface area contributed by atoms with Crippen LogP contribution in [0.5, 0.6) is 0 Å². The van der Waals surface area contributed by atoms with Gasteiger partial charge in [-0.25, -0.2) is 8.42 Å². The van der Waals surface area contributed by atoms with Gasteiger partial charge in [0.25, 0.3) is 0 Å². The lowest BCUT2D eigenvalue weighted by Gasteiger charge is -2.39. The van der Waals surface area contributed by atoms with Gasteiger partial charge in [-0.3, -0.25) is 9.59 Å². The Morgan fingerprint density at radius 2 is 1.76 bits per heavy atom. The minimum absolute atomic E-state index is 0.0470. The molecule has 138 valence electrons. The van der Waals surface area contributed by atoms with E-state index in [0.29, 0.717) is 25.9 Å². The third-order valence-electron chi connectivity index (χ3n) is 5.01. The maximum absolute atomic E-state index is 12.4. The molecule has 2 rings (SSSR count). The van der Waals surface area contributed by atoms with Crippen molar-refractivity contribution in [1.82, 2.24) is 4.90 Å². The molecule has 6 nitrogen and oxygen atoms in total. The molecule has 0 saturated carbocycles. The van der Waals surface area contributed by atoms with Crippen molar-refractivity contribution < 1.29 is 18.0 Å². The van der Waals surface area contributed by atoms with E-state index in [2.05, 4.69) is 0 Å². The Hall–Kier alpha value is -1.89. The van der Waals surface area contributed by atoms with Gasteiger partial charge in [0.05, 0.1) is 16.1 Å². The van der Waals surface area contributed by atoms with Crippen molar-refractivity contribution in [1.29, 1.82) is 0 Å². The smallest absolute Gasteiger partial charge is 0.223 e. The summed E-state index contributed by atoms with van der Waals surface area (Å²) in [6.07, 6.45) is 2.65. The maximum Gasteiger partial charge on any atom is 0.223 e. The van der Waals surface area contributed by atoms with Crippen molar-refractivity contribution in [2.75, 3.05) is 18.8 Å². The number of rotatable bonds is 7. The van der Waals surface area contributed by atoms with E-state index in [1.165, 1.54) is 12.1 Å². The Kier molecular flexibility index (Phi) is 6.21. The molecule has 0 bridgehead atoms. The van der Waals surface area contributed by atoms with Crippen LogP contribution in [0.15, 0.2) is 35.2 Å². The van der Waals surface area contributed by atoms with Crippen LogP contribution in [0.2, 0.25) is 0 Å². The lowest BCUT2D eigenvalue weighted by Crippen LogP contribution is -2.49. The molecule has 2 amide bonds. The lowest BCUT2D eigenvalue weighted by atomic mass is 9.74. The summed E-state index contributed by atoms with van der Waals surface area (Å²) < 4.78 is 24.5. The van der Waals surface area contributed by atoms with E-state index >= 15 is 0 Å². The van der Waals surface area contributed by atoms with Gasteiger partial charge in [0.15, 0.2) is 9.84 Å². The highest BCUT2D eigenvalue weighted by molar-refractivity contribution is 7.91. The third kappa shape index (κ3) is 4.60. The van der Waals surface area contributed by atoms with Crippen molar-refractivity contribution in [2.24, 2.45) is 11.1 Å². The average Bonchev–Trinajstić information content (AvgIpc) is 2.61. The van der Waals surface area contributed by atoms with Gasteiger partial charge in [-0.15, -0.1) is 0 Å². The Labute approximate surface area is 149 Å². The number of hydrogen-bond donors (Lipinski definition) is 1. The van der Waals surface area contributed by atoms with Crippen LogP contribution in [-0.2, 0) is 19.4 Å². The first kappa shape index (κ1) is 19.4. The van der Waals surface area contributed by atoms with Crippen LogP contribution >= 0.6 is 0 Å². The highest BCUT2D eigenvalue weighted by Gasteiger charge is 2.39. The zero-order valence-corrected chi connectivity index (χ0v) is 15.4. The van der Waals surface area contributed by atoms with Crippen LogP contribution in [0.4, 0.5) is 0 Å². The number of nitrogens with zero attached hydrogens (tertiary/aromatic N) is 1. The SMILES string of the molecule is CCCC1(C(N)=O)CCN(C(=O)CCS(=O)(=O)c2ccccc2)CC1. The first-order valence-corrected chi connectivity index (χ1v) is 10.3. The average molecular weight is 366 g/mol. The quantitative estimate of drug-likeness (QED) is 0.795.